The molecule has 52 heavy (non-hydrogen) atoms. The van der Waals surface area contributed by atoms with E-state index in [9.17, 15) is 19.2 Å². The molecule has 262 valence electrons. The van der Waals surface area contributed by atoms with Gasteiger partial charge in [0.05, 0.1) is 25.2 Å². The molecule has 0 radical (unpaired) electrons. The number of carbonyl (C=O) groups excluding carboxylic acids is 5. The first kappa shape index (κ1) is 53.4. The molecule has 0 fully saturated rings. The number of aryl methyl sites for hydroxylation is 1. The van der Waals surface area contributed by atoms with E-state index >= 15 is 0 Å². The Morgan fingerprint density at radius 2 is 1.25 bits per heavy atom. The summed E-state index contributed by atoms with van der Waals surface area (Å²) in [6, 6.07) is 30.2. The summed E-state index contributed by atoms with van der Waals surface area (Å²) in [7, 11) is 0. The Kier molecular flexibility index (Phi) is 34.8. The van der Waals surface area contributed by atoms with Crippen LogP contribution in [0, 0.1) is 126 Å². The second kappa shape index (κ2) is 33.9. The van der Waals surface area contributed by atoms with E-state index in [1.165, 1.54) is 6.29 Å². The SMILES string of the molecule is C=CC(=O)OCCCOc1ccc([C-]=O)cc1.C=C[C-]=O.Cc1c[c-]ccc1C(=O)Oc1ccc(OC(=O)c2cc[c-]cc2)cc1.[CH2-]C[CH2-].[U+2].[U+2].[U+2]. The molecule has 0 bridgehead atoms. The number of rotatable bonds is 12. The molecular weight excluding hydrogens is 1340 g/mol. The number of esters is 3. The van der Waals surface area contributed by atoms with Gasteiger partial charge in [-0.15, -0.1) is 5.56 Å². The number of hydrogen-bond acceptors (Lipinski definition) is 9. The van der Waals surface area contributed by atoms with Gasteiger partial charge in [0, 0.05) is 12.5 Å². The van der Waals surface area contributed by atoms with Gasteiger partial charge in [0.15, 0.2) is 0 Å². The van der Waals surface area contributed by atoms with E-state index in [1.807, 2.05) is 6.92 Å². The van der Waals surface area contributed by atoms with Crippen molar-refractivity contribution in [3.63, 3.8) is 0 Å². The van der Waals surface area contributed by atoms with Gasteiger partial charge in [0.1, 0.15) is 11.5 Å². The molecule has 4 rings (SSSR count). The van der Waals surface area contributed by atoms with Gasteiger partial charge in [-0.1, -0.05) is 25.6 Å². The van der Waals surface area contributed by atoms with Crippen molar-refractivity contribution >= 4 is 30.5 Å². The molecule has 0 aliphatic rings. The Balaban J connectivity index is -0.000000779. The second-order valence-corrected chi connectivity index (χ2v) is 9.16. The summed E-state index contributed by atoms with van der Waals surface area (Å²) in [5.41, 5.74) is 2.19. The average molecular weight is 1370 g/mol. The van der Waals surface area contributed by atoms with Crippen molar-refractivity contribution < 1.29 is 136 Å². The zero-order valence-electron chi connectivity index (χ0n) is 28.6. The van der Waals surface area contributed by atoms with E-state index in [0.29, 0.717) is 53.6 Å². The maximum atomic E-state index is 12.2. The summed E-state index contributed by atoms with van der Waals surface area (Å²) < 4.78 is 20.7. The number of allylic oxidation sites excluding steroid dienone is 1. The first-order valence-corrected chi connectivity index (χ1v) is 14.7. The molecule has 0 saturated heterocycles. The number of carbonyl (C=O) groups is 3. The van der Waals surface area contributed by atoms with E-state index in [4.69, 9.17) is 23.7 Å². The molecule has 0 aliphatic heterocycles. The zero-order valence-corrected chi connectivity index (χ0v) is 41.1. The molecule has 0 aliphatic carbocycles. The predicted octanol–water partition coefficient (Wildman–Crippen LogP) is 7.00. The average Bonchev–Trinajstić information content (AvgIpc) is 3.13. The smallest absolute Gasteiger partial charge is 0.496 e. The van der Waals surface area contributed by atoms with Crippen LogP contribution in [0.4, 0.5) is 0 Å². The van der Waals surface area contributed by atoms with Crippen LogP contribution in [-0.4, -0.2) is 43.7 Å². The summed E-state index contributed by atoms with van der Waals surface area (Å²) in [6.45, 7) is 15.6. The fourth-order valence-electron chi connectivity index (χ4n) is 3.27. The van der Waals surface area contributed by atoms with Crippen LogP contribution in [0.25, 0.3) is 0 Å². The van der Waals surface area contributed by atoms with Crippen LogP contribution in [-0.2, 0) is 19.1 Å². The Bertz CT molecular complexity index is 1600. The number of benzene rings is 4. The fraction of sp³-hybridized carbons (Fsp3) is 0.125. The van der Waals surface area contributed by atoms with Crippen molar-refractivity contribution in [3.8, 4) is 17.2 Å². The van der Waals surface area contributed by atoms with Crippen LogP contribution in [0.2, 0.25) is 0 Å². The monoisotopic (exact) mass is 1370 g/mol. The summed E-state index contributed by atoms with van der Waals surface area (Å²) >= 11 is 0. The van der Waals surface area contributed by atoms with Gasteiger partial charge in [-0.3, -0.25) is 0 Å². The van der Waals surface area contributed by atoms with E-state index in [1.54, 1.807) is 97.3 Å². The topological polar surface area (TPSA) is 122 Å². The molecule has 0 amide bonds. The molecule has 0 heterocycles. The van der Waals surface area contributed by atoms with E-state index < -0.39 is 17.9 Å². The molecule has 0 unspecified atom stereocenters. The molecule has 0 atom stereocenters. The van der Waals surface area contributed by atoms with Gasteiger partial charge in [0.25, 0.3) is 0 Å². The van der Waals surface area contributed by atoms with E-state index in [-0.39, 0.29) is 93.3 Å². The van der Waals surface area contributed by atoms with Gasteiger partial charge in [-0.05, 0) is 41.7 Å². The number of hydrogen-bond donors (Lipinski definition) is 0. The standard InChI is InChI=1S/C21H14O4.C13H13O4.C3H3O.C3H6.3U/c1-15-7-5-6-10-19(15)21(23)25-18-13-11-17(12-14-18)24-20(22)16-8-3-2-4-9-16;1-2-13(15)17-9-3-8-16-12-6-4-11(10-14)5-7-12;1-2-3-4;1-3-2;;;/h3-4,6-14H,1H3;2,4-7H,1,3,8-9H2;2H,1H2;1-3H2;;;/q-2;2*-1;-2;3*+2. The van der Waals surface area contributed by atoms with Crippen molar-refractivity contribution in [2.45, 2.75) is 19.8 Å². The first-order valence-electron chi connectivity index (χ1n) is 14.7. The van der Waals surface area contributed by atoms with E-state index in [0.717, 1.165) is 24.1 Å². The molecule has 4 aromatic carbocycles. The molecule has 4 aromatic rings. The minimum atomic E-state index is -0.463. The quantitative estimate of drug-likeness (QED) is 0.0486. The summed E-state index contributed by atoms with van der Waals surface area (Å²) in [5, 5.41) is 0. The van der Waals surface area contributed by atoms with Crippen molar-refractivity contribution in [1.82, 2.24) is 0 Å². The van der Waals surface area contributed by atoms with Gasteiger partial charge >= 0.3 is 111 Å². The molecular formula is C40H36O9U3. The normalized spacial score (nSPS) is 8.67. The van der Waals surface area contributed by atoms with Crippen LogP contribution in [0.1, 0.15) is 44.7 Å². The number of ether oxygens (including phenoxy) is 4. The maximum absolute atomic E-state index is 12.2. The van der Waals surface area contributed by atoms with Crippen molar-refractivity contribution in [2.24, 2.45) is 0 Å². The van der Waals surface area contributed by atoms with Crippen LogP contribution in [0.15, 0.2) is 116 Å². The molecule has 0 N–H and O–H groups in total. The molecule has 12 heteroatoms. The Morgan fingerprint density at radius 1 is 0.750 bits per heavy atom. The van der Waals surface area contributed by atoms with Crippen LogP contribution in [0.3, 0.4) is 0 Å². The molecule has 0 spiro atoms. The molecule has 0 saturated carbocycles. The minimum Gasteiger partial charge on any atom is -0.496 e. The van der Waals surface area contributed by atoms with Gasteiger partial charge in [0.2, 0.25) is 0 Å². The summed E-state index contributed by atoms with van der Waals surface area (Å²) in [6.07, 6.45) is 6.76. The zero-order chi connectivity index (χ0) is 36.3. The van der Waals surface area contributed by atoms with Crippen LogP contribution in [0.5, 0.6) is 17.2 Å². The Hall–Kier alpha value is -2.93. The van der Waals surface area contributed by atoms with Crippen LogP contribution >= 0.6 is 0 Å². The Morgan fingerprint density at radius 3 is 1.73 bits per heavy atom. The fourth-order valence-corrected chi connectivity index (χ4v) is 3.27. The summed E-state index contributed by atoms with van der Waals surface area (Å²) in [5.74, 6) is 0.0519. The third kappa shape index (κ3) is 23.6. The molecule has 9 nitrogen and oxygen atoms in total. The van der Waals surface area contributed by atoms with Crippen LogP contribution < -0.4 is 14.2 Å². The predicted molar refractivity (Wildman–Crippen MR) is 185 cm³/mol. The first-order chi connectivity index (χ1) is 23.7. The molecule has 0 aromatic heterocycles. The van der Waals surface area contributed by atoms with Gasteiger partial charge in [-0.25, -0.2) is 27.0 Å². The van der Waals surface area contributed by atoms with Crippen molar-refractivity contribution in [1.29, 1.82) is 0 Å². The third-order valence-electron chi connectivity index (χ3n) is 5.51. The van der Waals surface area contributed by atoms with Crippen molar-refractivity contribution in [2.75, 3.05) is 13.2 Å². The summed E-state index contributed by atoms with van der Waals surface area (Å²) in [4.78, 5) is 54.0. The Labute approximate surface area is 377 Å². The third-order valence-corrected chi connectivity index (χ3v) is 5.51. The van der Waals surface area contributed by atoms with Crippen molar-refractivity contribution in [3.05, 3.63) is 165 Å². The van der Waals surface area contributed by atoms with Gasteiger partial charge in [-0.2, -0.15) is 72.3 Å². The van der Waals surface area contributed by atoms with Gasteiger partial charge < -0.3 is 48.8 Å². The van der Waals surface area contributed by atoms with E-state index in [2.05, 4.69) is 39.1 Å². The minimum absolute atomic E-state index is 0. The second-order valence-electron chi connectivity index (χ2n) is 9.16. The maximum Gasteiger partial charge on any atom is 2.00 e. The largest absolute Gasteiger partial charge is 2.00 e.